The largest absolute Gasteiger partial charge is 0.295 e. The maximum atomic E-state index is 10.4. The van der Waals surface area contributed by atoms with Crippen LogP contribution in [0.3, 0.4) is 0 Å². The van der Waals surface area contributed by atoms with Crippen LogP contribution < -0.4 is 5.32 Å². The van der Waals surface area contributed by atoms with E-state index in [0.717, 1.165) is 0 Å². The Labute approximate surface area is 79.3 Å². The Bertz CT molecular complexity index is 148. The number of rotatable bonds is 0. The van der Waals surface area contributed by atoms with Gasteiger partial charge in [0.2, 0.25) is 11.8 Å². The van der Waals surface area contributed by atoms with E-state index in [4.69, 9.17) is 0 Å². The molecule has 3 nitrogen and oxygen atoms in total. The van der Waals surface area contributed by atoms with Crippen LogP contribution in [0.25, 0.3) is 0 Å². The van der Waals surface area contributed by atoms with Crippen LogP contribution in [0.4, 0.5) is 0 Å². The maximum absolute atomic E-state index is 10.4. The molecule has 0 aromatic rings. The van der Waals surface area contributed by atoms with Gasteiger partial charge in [0.15, 0.2) is 0 Å². The summed E-state index contributed by atoms with van der Waals surface area (Å²) in [5.41, 5.74) is 0. The van der Waals surface area contributed by atoms with Gasteiger partial charge in [-0.3, -0.25) is 14.9 Å². The quantitative estimate of drug-likeness (QED) is 0.449. The Morgan fingerprint density at radius 2 is 1.67 bits per heavy atom. The lowest BCUT2D eigenvalue weighted by molar-refractivity contribution is -0.124. The third kappa shape index (κ3) is 5.18. The van der Waals surface area contributed by atoms with E-state index < -0.39 is 5.25 Å². The summed E-state index contributed by atoms with van der Waals surface area (Å²) in [6.07, 6.45) is 0.224. The van der Waals surface area contributed by atoms with Crippen molar-refractivity contribution in [3.63, 3.8) is 0 Å². The highest BCUT2D eigenvalue weighted by Gasteiger charge is 2.26. The number of imide groups is 1. The van der Waals surface area contributed by atoms with E-state index >= 15 is 0 Å². The van der Waals surface area contributed by atoms with Crippen molar-refractivity contribution in [1.82, 2.24) is 5.32 Å². The van der Waals surface area contributed by atoms with E-state index in [-0.39, 0.29) is 18.2 Å². The minimum atomic E-state index is -0.414. The smallest absolute Gasteiger partial charge is 0.239 e. The van der Waals surface area contributed by atoms with E-state index in [2.05, 4.69) is 17.9 Å². The first-order valence-corrected chi connectivity index (χ1v) is 4.73. The molecule has 0 radical (unpaired) electrons. The van der Waals surface area contributed by atoms with Crippen LogP contribution in [0.5, 0.6) is 0 Å². The molecular formula is C8H17NO2S. The van der Waals surface area contributed by atoms with Crippen LogP contribution >= 0.6 is 12.6 Å². The fourth-order valence-corrected chi connectivity index (χ4v) is 0.770. The normalized spacial score (nSPS) is 19.9. The van der Waals surface area contributed by atoms with Gasteiger partial charge in [-0.05, 0) is 0 Å². The number of hydrogen-bond donors (Lipinski definition) is 2. The first-order valence-electron chi connectivity index (χ1n) is 4.22. The summed E-state index contributed by atoms with van der Waals surface area (Å²) in [5.74, 6) is -0.506. The van der Waals surface area contributed by atoms with Gasteiger partial charge in [0.05, 0.1) is 5.25 Å². The van der Waals surface area contributed by atoms with Gasteiger partial charge in [0.25, 0.3) is 0 Å². The lowest BCUT2D eigenvalue weighted by Gasteiger charge is -1.87. The van der Waals surface area contributed by atoms with Gasteiger partial charge in [-0.25, -0.2) is 0 Å². The molecule has 4 heteroatoms. The van der Waals surface area contributed by atoms with E-state index in [1.807, 2.05) is 27.7 Å². The van der Waals surface area contributed by atoms with E-state index in [0.29, 0.717) is 0 Å². The maximum Gasteiger partial charge on any atom is 0.239 e. The molecule has 1 aliphatic heterocycles. The summed E-state index contributed by atoms with van der Waals surface area (Å²) >= 11 is 3.81. The standard InChI is InChI=1S/C4H5NO2S.2C2H6/c6-3-1-2(8)4(7)5-3;2*1-2/h2,8H,1H2,(H,5,6,7);2*1-2H3. The molecule has 1 unspecified atom stereocenters. The zero-order chi connectivity index (χ0) is 10.1. The third-order valence-electron chi connectivity index (χ3n) is 0.944. The molecule has 1 heterocycles. The van der Waals surface area contributed by atoms with Crippen LogP contribution in [-0.4, -0.2) is 17.1 Å². The summed E-state index contributed by atoms with van der Waals surface area (Å²) in [6, 6.07) is 0. The molecule has 1 aliphatic rings. The second-order valence-corrected chi connectivity index (χ2v) is 2.26. The lowest BCUT2D eigenvalue weighted by atomic mass is 10.4. The second-order valence-electron chi connectivity index (χ2n) is 1.63. The van der Waals surface area contributed by atoms with Crippen LogP contribution in [0.2, 0.25) is 0 Å². The van der Waals surface area contributed by atoms with Gasteiger partial charge in [0, 0.05) is 6.42 Å². The highest BCUT2D eigenvalue weighted by Crippen LogP contribution is 2.06. The molecule has 0 aromatic carbocycles. The zero-order valence-electron chi connectivity index (χ0n) is 8.05. The molecule has 0 aliphatic carbocycles. The molecule has 0 spiro atoms. The van der Waals surface area contributed by atoms with Gasteiger partial charge < -0.3 is 0 Å². The molecule has 1 atom stereocenters. The molecule has 1 N–H and O–H groups in total. The highest BCUT2D eigenvalue weighted by atomic mass is 32.1. The van der Waals surface area contributed by atoms with Crippen molar-refractivity contribution in [1.29, 1.82) is 0 Å². The molecule has 0 aromatic heterocycles. The summed E-state index contributed by atoms with van der Waals surface area (Å²) in [4.78, 5) is 20.7. The summed E-state index contributed by atoms with van der Waals surface area (Å²) in [7, 11) is 0. The molecule has 12 heavy (non-hydrogen) atoms. The van der Waals surface area contributed by atoms with Crippen molar-refractivity contribution >= 4 is 24.4 Å². The van der Waals surface area contributed by atoms with Crippen molar-refractivity contribution in [2.24, 2.45) is 0 Å². The molecule has 1 rings (SSSR count). The molecule has 2 amide bonds. The van der Waals surface area contributed by atoms with Crippen molar-refractivity contribution < 1.29 is 9.59 Å². The number of carbonyl (C=O) groups is 2. The van der Waals surface area contributed by atoms with E-state index in [1.54, 1.807) is 0 Å². The fraction of sp³-hybridized carbons (Fsp3) is 0.750. The average molecular weight is 191 g/mol. The summed E-state index contributed by atoms with van der Waals surface area (Å²) < 4.78 is 0. The van der Waals surface area contributed by atoms with Crippen molar-refractivity contribution in [3.05, 3.63) is 0 Å². The predicted octanol–water partition coefficient (Wildman–Crippen LogP) is 1.38. The number of carbonyl (C=O) groups excluding carboxylic acids is 2. The lowest BCUT2D eigenvalue weighted by Crippen LogP contribution is -2.21. The number of thiol groups is 1. The summed E-state index contributed by atoms with van der Waals surface area (Å²) in [5, 5.41) is 1.70. The molecule has 72 valence electrons. The number of amides is 2. The highest BCUT2D eigenvalue weighted by molar-refractivity contribution is 7.81. The Morgan fingerprint density at radius 3 is 1.75 bits per heavy atom. The van der Waals surface area contributed by atoms with Crippen LogP contribution in [0.15, 0.2) is 0 Å². The van der Waals surface area contributed by atoms with Crippen LogP contribution in [-0.2, 0) is 9.59 Å². The van der Waals surface area contributed by atoms with Gasteiger partial charge in [-0.2, -0.15) is 12.6 Å². The van der Waals surface area contributed by atoms with Gasteiger partial charge >= 0.3 is 0 Å². The minimum Gasteiger partial charge on any atom is -0.295 e. The number of nitrogens with one attached hydrogen (secondary N) is 1. The SMILES string of the molecule is CC.CC.O=C1CC(S)C(=O)N1. The third-order valence-corrected chi connectivity index (χ3v) is 1.36. The first kappa shape index (κ1) is 14.0. The predicted molar refractivity (Wildman–Crippen MR) is 53.2 cm³/mol. The van der Waals surface area contributed by atoms with E-state index in [1.165, 1.54) is 0 Å². The average Bonchev–Trinajstić information content (AvgIpc) is 2.37. The molecular weight excluding hydrogens is 174 g/mol. The van der Waals surface area contributed by atoms with Gasteiger partial charge in [-0.15, -0.1) is 0 Å². The van der Waals surface area contributed by atoms with Gasteiger partial charge in [-0.1, -0.05) is 27.7 Å². The first-order chi connectivity index (χ1) is 5.70. The Balaban J connectivity index is 0. The fourth-order valence-electron chi connectivity index (χ4n) is 0.540. The topological polar surface area (TPSA) is 46.2 Å². The second kappa shape index (κ2) is 8.59. The van der Waals surface area contributed by atoms with Crippen molar-refractivity contribution in [2.45, 2.75) is 39.4 Å². The Morgan fingerprint density at radius 1 is 1.25 bits per heavy atom. The molecule has 1 saturated heterocycles. The number of hydrogen-bond acceptors (Lipinski definition) is 3. The summed E-state index contributed by atoms with van der Waals surface area (Å²) in [6.45, 7) is 8.00. The molecule has 0 saturated carbocycles. The molecule has 0 bridgehead atoms. The monoisotopic (exact) mass is 191 g/mol. The zero-order valence-corrected chi connectivity index (χ0v) is 8.94. The van der Waals surface area contributed by atoms with Crippen LogP contribution in [0, 0.1) is 0 Å². The van der Waals surface area contributed by atoms with Crippen molar-refractivity contribution in [2.75, 3.05) is 0 Å². The Kier molecular flexibility index (Phi) is 10.0. The molecule has 1 fully saturated rings. The Hall–Kier alpha value is -0.510. The van der Waals surface area contributed by atoms with Gasteiger partial charge in [0.1, 0.15) is 0 Å². The van der Waals surface area contributed by atoms with Crippen molar-refractivity contribution in [3.8, 4) is 0 Å². The van der Waals surface area contributed by atoms with Crippen LogP contribution in [0.1, 0.15) is 34.1 Å². The minimum absolute atomic E-state index is 0.224. The van der Waals surface area contributed by atoms with E-state index in [9.17, 15) is 9.59 Å².